The number of nitrogens with zero attached hydrogens (tertiary/aromatic N) is 2. The lowest BCUT2D eigenvalue weighted by molar-refractivity contribution is 0.102. The van der Waals surface area contributed by atoms with Crippen molar-refractivity contribution >= 4 is 46.4 Å². The molecule has 132 valence electrons. The van der Waals surface area contributed by atoms with E-state index >= 15 is 0 Å². The van der Waals surface area contributed by atoms with Gasteiger partial charge in [0.25, 0.3) is 5.91 Å². The van der Waals surface area contributed by atoms with Crippen molar-refractivity contribution in [2.24, 2.45) is 0 Å². The lowest BCUT2D eigenvalue weighted by Gasteiger charge is -2.09. The maximum Gasteiger partial charge on any atom is 0.258 e. The molecule has 0 aliphatic rings. The van der Waals surface area contributed by atoms with Crippen LogP contribution in [0.4, 0.5) is 17.3 Å². The fourth-order valence-electron chi connectivity index (χ4n) is 2.25. The number of benzene rings is 2. The predicted molar refractivity (Wildman–Crippen MR) is 106 cm³/mol. The number of hydrogen-bond acceptors (Lipinski definition) is 4. The van der Waals surface area contributed by atoms with E-state index in [0.717, 1.165) is 5.69 Å². The third-order valence-corrected chi connectivity index (χ3v) is 4.42. The summed E-state index contributed by atoms with van der Waals surface area (Å²) in [6.07, 6.45) is 2.90. The van der Waals surface area contributed by atoms with Crippen molar-refractivity contribution in [2.75, 3.05) is 10.6 Å². The van der Waals surface area contributed by atoms with E-state index in [2.05, 4.69) is 27.5 Å². The van der Waals surface area contributed by atoms with Gasteiger partial charge >= 0.3 is 0 Å². The summed E-state index contributed by atoms with van der Waals surface area (Å²) < 4.78 is 0. The van der Waals surface area contributed by atoms with Crippen molar-refractivity contribution in [3.63, 3.8) is 0 Å². The van der Waals surface area contributed by atoms with Crippen LogP contribution in [0.5, 0.6) is 0 Å². The fraction of sp³-hybridized carbons (Fsp3) is 0.105. The zero-order chi connectivity index (χ0) is 18.7. The highest BCUT2D eigenvalue weighted by molar-refractivity contribution is 6.35. The van der Waals surface area contributed by atoms with E-state index in [0.29, 0.717) is 27.2 Å². The van der Waals surface area contributed by atoms with Crippen molar-refractivity contribution in [2.45, 2.75) is 13.8 Å². The number of anilines is 3. The third kappa shape index (κ3) is 4.31. The highest BCUT2D eigenvalue weighted by Crippen LogP contribution is 2.26. The van der Waals surface area contributed by atoms with Crippen LogP contribution < -0.4 is 10.6 Å². The van der Waals surface area contributed by atoms with Crippen LogP contribution in [0.15, 0.2) is 48.8 Å². The summed E-state index contributed by atoms with van der Waals surface area (Å²) in [4.78, 5) is 20.7. The Labute approximate surface area is 161 Å². The third-order valence-electron chi connectivity index (χ3n) is 3.85. The molecule has 7 heteroatoms. The summed E-state index contributed by atoms with van der Waals surface area (Å²) in [5, 5.41) is 6.69. The molecule has 2 aromatic carbocycles. The monoisotopic (exact) mass is 386 g/mol. The Morgan fingerprint density at radius 2 is 1.69 bits per heavy atom. The highest BCUT2D eigenvalue weighted by Gasteiger charge is 2.10. The number of carbonyl (C=O) groups excluding carboxylic acids is 1. The number of aromatic nitrogens is 2. The smallest absolute Gasteiger partial charge is 0.258 e. The van der Waals surface area contributed by atoms with Crippen LogP contribution in [0.1, 0.15) is 21.5 Å². The molecular weight excluding hydrogens is 371 g/mol. The van der Waals surface area contributed by atoms with Gasteiger partial charge in [0.15, 0.2) is 0 Å². The number of aryl methyl sites for hydroxylation is 2. The van der Waals surface area contributed by atoms with E-state index in [-0.39, 0.29) is 5.91 Å². The molecule has 0 spiro atoms. The minimum absolute atomic E-state index is 0.312. The first-order valence-electron chi connectivity index (χ1n) is 7.85. The Balaban J connectivity index is 1.71. The first kappa shape index (κ1) is 18.2. The molecule has 3 rings (SSSR count). The van der Waals surface area contributed by atoms with E-state index in [1.54, 1.807) is 18.2 Å². The van der Waals surface area contributed by atoms with Crippen LogP contribution in [0.3, 0.4) is 0 Å². The average molecular weight is 387 g/mol. The van der Waals surface area contributed by atoms with E-state index in [4.69, 9.17) is 23.2 Å². The van der Waals surface area contributed by atoms with E-state index < -0.39 is 0 Å². The maximum atomic E-state index is 12.3. The topological polar surface area (TPSA) is 66.9 Å². The first-order valence-corrected chi connectivity index (χ1v) is 8.61. The molecule has 0 bridgehead atoms. The molecule has 2 N–H and O–H groups in total. The number of hydrogen-bond donors (Lipinski definition) is 2. The van der Waals surface area contributed by atoms with Crippen molar-refractivity contribution in [3.8, 4) is 0 Å². The Morgan fingerprint density at radius 1 is 0.962 bits per heavy atom. The molecule has 3 aromatic rings. The molecule has 1 amide bonds. The molecule has 1 aromatic heterocycles. The fourth-order valence-corrected chi connectivity index (χ4v) is 2.58. The van der Waals surface area contributed by atoms with Crippen LogP contribution in [0, 0.1) is 13.8 Å². The molecule has 0 radical (unpaired) electrons. The van der Waals surface area contributed by atoms with E-state index in [1.807, 2.05) is 25.1 Å². The standard InChI is InChI=1S/C19H16Cl2N4O/c1-11-3-5-15(7-12(11)2)24-19-22-9-13(10-23-19)18(26)25-17-8-14(20)4-6-16(17)21/h3-10H,1-2H3,(H,25,26)(H,22,23,24). The minimum Gasteiger partial charge on any atom is -0.324 e. The summed E-state index contributed by atoms with van der Waals surface area (Å²) in [5.74, 6) is 0.0393. The number of nitrogens with one attached hydrogen (secondary N) is 2. The van der Waals surface area contributed by atoms with Gasteiger partial charge in [-0.2, -0.15) is 0 Å². The number of amides is 1. The molecule has 1 heterocycles. The minimum atomic E-state index is -0.369. The van der Waals surface area contributed by atoms with Crippen molar-refractivity contribution < 1.29 is 4.79 Å². The Bertz CT molecular complexity index is 958. The predicted octanol–water partition coefficient (Wildman–Crippen LogP) is 5.40. The molecule has 0 saturated heterocycles. The molecule has 0 saturated carbocycles. The molecular formula is C19H16Cl2N4O. The molecule has 0 aliphatic carbocycles. The summed E-state index contributed by atoms with van der Waals surface area (Å²) in [5.41, 5.74) is 4.01. The quantitative estimate of drug-likeness (QED) is 0.629. The zero-order valence-electron chi connectivity index (χ0n) is 14.2. The molecule has 0 fully saturated rings. The molecule has 0 aliphatic heterocycles. The largest absolute Gasteiger partial charge is 0.324 e. The van der Waals surface area contributed by atoms with Gasteiger partial charge in [-0.25, -0.2) is 9.97 Å². The molecule has 0 unspecified atom stereocenters. The maximum absolute atomic E-state index is 12.3. The van der Waals surface area contributed by atoms with Gasteiger partial charge in [-0.3, -0.25) is 4.79 Å². The summed E-state index contributed by atoms with van der Waals surface area (Å²) in [6.45, 7) is 4.09. The van der Waals surface area contributed by atoms with Crippen molar-refractivity contribution in [3.05, 3.63) is 75.5 Å². The van der Waals surface area contributed by atoms with E-state index in [1.165, 1.54) is 23.5 Å². The van der Waals surface area contributed by atoms with Crippen molar-refractivity contribution in [1.82, 2.24) is 9.97 Å². The van der Waals surface area contributed by atoms with Crippen molar-refractivity contribution in [1.29, 1.82) is 0 Å². The zero-order valence-corrected chi connectivity index (χ0v) is 15.7. The molecule has 26 heavy (non-hydrogen) atoms. The Hall–Kier alpha value is -2.63. The number of halogens is 2. The Kier molecular flexibility index (Phi) is 5.40. The highest BCUT2D eigenvalue weighted by atomic mass is 35.5. The van der Waals surface area contributed by atoms with Crippen LogP contribution in [0.25, 0.3) is 0 Å². The second kappa shape index (κ2) is 7.72. The van der Waals surface area contributed by atoms with Gasteiger partial charge in [-0.15, -0.1) is 0 Å². The van der Waals surface area contributed by atoms with Gasteiger partial charge in [0.1, 0.15) is 0 Å². The van der Waals surface area contributed by atoms with Gasteiger partial charge in [0.2, 0.25) is 5.95 Å². The molecule has 0 atom stereocenters. The number of rotatable bonds is 4. The summed E-state index contributed by atoms with van der Waals surface area (Å²) >= 11 is 12.0. The van der Waals surface area contributed by atoms with Gasteiger partial charge in [0, 0.05) is 23.1 Å². The first-order chi connectivity index (χ1) is 12.4. The van der Waals surface area contributed by atoms with Gasteiger partial charge in [-0.1, -0.05) is 29.3 Å². The molecule has 5 nitrogen and oxygen atoms in total. The van der Waals surface area contributed by atoms with Gasteiger partial charge in [0.05, 0.1) is 16.3 Å². The van der Waals surface area contributed by atoms with Gasteiger partial charge < -0.3 is 10.6 Å². The average Bonchev–Trinajstić information content (AvgIpc) is 2.62. The van der Waals surface area contributed by atoms with E-state index in [9.17, 15) is 4.79 Å². The lowest BCUT2D eigenvalue weighted by atomic mass is 10.1. The van der Waals surface area contributed by atoms with Crippen LogP contribution in [-0.2, 0) is 0 Å². The number of carbonyl (C=O) groups is 1. The van der Waals surface area contributed by atoms with Crippen LogP contribution in [-0.4, -0.2) is 15.9 Å². The normalized spacial score (nSPS) is 10.5. The van der Waals surface area contributed by atoms with Crippen LogP contribution >= 0.6 is 23.2 Å². The lowest BCUT2D eigenvalue weighted by Crippen LogP contribution is -2.13. The Morgan fingerprint density at radius 3 is 2.38 bits per heavy atom. The second-order valence-electron chi connectivity index (χ2n) is 5.80. The van der Waals surface area contributed by atoms with Crippen LogP contribution in [0.2, 0.25) is 10.0 Å². The summed E-state index contributed by atoms with van der Waals surface area (Å²) in [6, 6.07) is 10.8. The van der Waals surface area contributed by atoms with Gasteiger partial charge in [-0.05, 0) is 55.3 Å². The summed E-state index contributed by atoms with van der Waals surface area (Å²) in [7, 11) is 0. The SMILES string of the molecule is Cc1ccc(Nc2ncc(C(=O)Nc3cc(Cl)ccc3Cl)cn2)cc1C. The second-order valence-corrected chi connectivity index (χ2v) is 6.64.